The second-order valence-electron chi connectivity index (χ2n) is 5.05. The summed E-state index contributed by atoms with van der Waals surface area (Å²) >= 11 is 0. The van der Waals surface area contributed by atoms with Gasteiger partial charge >= 0.3 is 0 Å². The van der Waals surface area contributed by atoms with Crippen molar-refractivity contribution in [2.45, 2.75) is 38.6 Å². The Morgan fingerprint density at radius 2 is 2.11 bits per heavy atom. The number of hydrogen-bond donors (Lipinski definition) is 0. The van der Waals surface area contributed by atoms with E-state index in [2.05, 4.69) is 25.0 Å². The van der Waals surface area contributed by atoms with E-state index >= 15 is 0 Å². The molecule has 0 amide bonds. The second kappa shape index (κ2) is 4.95. The summed E-state index contributed by atoms with van der Waals surface area (Å²) in [5.74, 6) is 2.43. The number of rotatable bonds is 3. The van der Waals surface area contributed by atoms with E-state index in [9.17, 15) is 0 Å². The summed E-state index contributed by atoms with van der Waals surface area (Å²) in [7, 11) is 0. The van der Waals surface area contributed by atoms with Gasteiger partial charge in [0.15, 0.2) is 5.82 Å². The first kappa shape index (κ1) is 12.1. The van der Waals surface area contributed by atoms with Gasteiger partial charge < -0.3 is 9.42 Å². The van der Waals surface area contributed by atoms with E-state index in [1.54, 1.807) is 12.4 Å². The second-order valence-corrected chi connectivity index (χ2v) is 5.05. The maximum atomic E-state index is 5.29. The lowest BCUT2D eigenvalue weighted by Gasteiger charge is -2.21. The molecule has 1 aliphatic rings. The summed E-state index contributed by atoms with van der Waals surface area (Å²) < 4.78 is 5.29. The molecule has 1 atom stereocenters. The first-order valence-corrected chi connectivity index (χ1v) is 6.63. The van der Waals surface area contributed by atoms with Crippen LogP contribution >= 0.6 is 0 Å². The Bertz CT molecular complexity index is 539. The van der Waals surface area contributed by atoms with Crippen LogP contribution in [0.2, 0.25) is 0 Å². The molecule has 0 radical (unpaired) electrons. The fourth-order valence-electron chi connectivity index (χ4n) is 2.33. The molecule has 6 heteroatoms. The SMILES string of the molecule is CC(C)c1nc([C@@H]2CCCN2c2ncccn2)no1. The van der Waals surface area contributed by atoms with Gasteiger partial charge in [0.1, 0.15) is 0 Å². The standard InChI is InChI=1S/C13H17N5O/c1-9(2)12-16-11(17-19-12)10-5-3-8-18(10)13-14-6-4-7-15-13/h4,6-7,9-10H,3,5,8H2,1-2H3/t10-/m0/s1. The summed E-state index contributed by atoms with van der Waals surface area (Å²) in [6.07, 6.45) is 5.62. The molecular formula is C13H17N5O. The molecule has 3 heterocycles. The zero-order valence-corrected chi connectivity index (χ0v) is 11.2. The molecule has 3 rings (SSSR count). The molecule has 0 unspecified atom stereocenters. The minimum Gasteiger partial charge on any atom is -0.339 e. The molecular weight excluding hydrogens is 242 g/mol. The van der Waals surface area contributed by atoms with Gasteiger partial charge in [0, 0.05) is 24.9 Å². The van der Waals surface area contributed by atoms with Crippen LogP contribution in [0.4, 0.5) is 5.95 Å². The molecule has 0 spiro atoms. The molecule has 1 saturated heterocycles. The summed E-state index contributed by atoms with van der Waals surface area (Å²) in [4.78, 5) is 15.3. The Labute approximate surface area is 111 Å². The van der Waals surface area contributed by atoms with E-state index in [0.717, 1.165) is 31.2 Å². The molecule has 1 aliphatic heterocycles. The monoisotopic (exact) mass is 259 g/mol. The van der Waals surface area contributed by atoms with Crippen molar-refractivity contribution in [1.82, 2.24) is 20.1 Å². The first-order chi connectivity index (χ1) is 9.25. The van der Waals surface area contributed by atoms with E-state index in [0.29, 0.717) is 5.89 Å². The Hall–Kier alpha value is -1.98. The average Bonchev–Trinajstić information content (AvgIpc) is 3.08. The third-order valence-corrected chi connectivity index (χ3v) is 3.31. The molecule has 0 bridgehead atoms. The molecule has 6 nitrogen and oxygen atoms in total. The minimum atomic E-state index is 0.124. The van der Waals surface area contributed by atoms with Crippen LogP contribution in [0.25, 0.3) is 0 Å². The molecule has 0 N–H and O–H groups in total. The fraction of sp³-hybridized carbons (Fsp3) is 0.538. The highest BCUT2D eigenvalue weighted by molar-refractivity contribution is 5.34. The van der Waals surface area contributed by atoms with Gasteiger partial charge in [0.2, 0.25) is 11.8 Å². The zero-order chi connectivity index (χ0) is 13.2. The van der Waals surface area contributed by atoms with Crippen LogP contribution in [0, 0.1) is 0 Å². The maximum Gasteiger partial charge on any atom is 0.229 e. The van der Waals surface area contributed by atoms with Crippen molar-refractivity contribution in [2.75, 3.05) is 11.4 Å². The van der Waals surface area contributed by atoms with Crippen LogP contribution in [-0.4, -0.2) is 26.7 Å². The summed E-state index contributed by atoms with van der Waals surface area (Å²) in [5, 5.41) is 4.11. The molecule has 2 aromatic heterocycles. The maximum absolute atomic E-state index is 5.29. The van der Waals surface area contributed by atoms with E-state index in [-0.39, 0.29) is 12.0 Å². The third kappa shape index (κ3) is 2.30. The highest BCUT2D eigenvalue weighted by atomic mass is 16.5. The molecule has 0 aromatic carbocycles. The zero-order valence-electron chi connectivity index (χ0n) is 11.2. The largest absolute Gasteiger partial charge is 0.339 e. The summed E-state index contributed by atoms with van der Waals surface area (Å²) in [6, 6.07) is 1.94. The van der Waals surface area contributed by atoms with E-state index < -0.39 is 0 Å². The van der Waals surface area contributed by atoms with Crippen LogP contribution in [0.3, 0.4) is 0 Å². The van der Waals surface area contributed by atoms with Crippen LogP contribution in [0.15, 0.2) is 23.0 Å². The number of aromatic nitrogens is 4. The molecule has 0 aliphatic carbocycles. The van der Waals surface area contributed by atoms with Crippen molar-refractivity contribution in [3.8, 4) is 0 Å². The van der Waals surface area contributed by atoms with Gasteiger partial charge in [-0.1, -0.05) is 19.0 Å². The van der Waals surface area contributed by atoms with Crippen molar-refractivity contribution in [3.63, 3.8) is 0 Å². The quantitative estimate of drug-likeness (QED) is 0.842. The third-order valence-electron chi connectivity index (χ3n) is 3.31. The summed E-state index contributed by atoms with van der Waals surface area (Å²) in [5.41, 5.74) is 0. The molecule has 2 aromatic rings. The van der Waals surface area contributed by atoms with Crippen molar-refractivity contribution in [3.05, 3.63) is 30.2 Å². The van der Waals surface area contributed by atoms with Gasteiger partial charge in [0.25, 0.3) is 0 Å². The van der Waals surface area contributed by atoms with E-state index in [1.165, 1.54) is 0 Å². The number of anilines is 1. The first-order valence-electron chi connectivity index (χ1n) is 6.63. The molecule has 0 saturated carbocycles. The van der Waals surface area contributed by atoms with Gasteiger partial charge in [-0.3, -0.25) is 0 Å². The van der Waals surface area contributed by atoms with Crippen LogP contribution < -0.4 is 4.90 Å². The Kier molecular flexibility index (Phi) is 3.15. The minimum absolute atomic E-state index is 0.124. The lowest BCUT2D eigenvalue weighted by Crippen LogP contribution is -2.25. The van der Waals surface area contributed by atoms with Gasteiger partial charge in [-0.05, 0) is 18.9 Å². The molecule has 19 heavy (non-hydrogen) atoms. The average molecular weight is 259 g/mol. The van der Waals surface area contributed by atoms with Gasteiger partial charge in [-0.2, -0.15) is 4.98 Å². The number of hydrogen-bond acceptors (Lipinski definition) is 6. The highest BCUT2D eigenvalue weighted by Gasteiger charge is 2.31. The van der Waals surface area contributed by atoms with Crippen LogP contribution in [0.1, 0.15) is 50.4 Å². The number of nitrogens with zero attached hydrogens (tertiary/aromatic N) is 5. The smallest absolute Gasteiger partial charge is 0.229 e. The molecule has 1 fully saturated rings. The fourth-order valence-corrected chi connectivity index (χ4v) is 2.33. The lowest BCUT2D eigenvalue weighted by atomic mass is 10.2. The Morgan fingerprint density at radius 1 is 1.32 bits per heavy atom. The topological polar surface area (TPSA) is 67.9 Å². The molecule has 100 valence electrons. The van der Waals surface area contributed by atoms with Gasteiger partial charge in [0.05, 0.1) is 6.04 Å². The van der Waals surface area contributed by atoms with Gasteiger partial charge in [-0.15, -0.1) is 0 Å². The highest BCUT2D eigenvalue weighted by Crippen LogP contribution is 2.33. The predicted octanol–water partition coefficient (Wildman–Crippen LogP) is 2.32. The summed E-state index contributed by atoms with van der Waals surface area (Å²) in [6.45, 7) is 5.02. The van der Waals surface area contributed by atoms with Crippen molar-refractivity contribution >= 4 is 5.95 Å². The predicted molar refractivity (Wildman–Crippen MR) is 69.7 cm³/mol. The van der Waals surface area contributed by atoms with Crippen LogP contribution in [0.5, 0.6) is 0 Å². The van der Waals surface area contributed by atoms with Gasteiger partial charge in [-0.25, -0.2) is 9.97 Å². The lowest BCUT2D eigenvalue weighted by molar-refractivity contribution is 0.358. The normalized spacial score (nSPS) is 19.3. The van der Waals surface area contributed by atoms with Crippen molar-refractivity contribution in [2.24, 2.45) is 0 Å². The van der Waals surface area contributed by atoms with E-state index in [4.69, 9.17) is 4.52 Å². The Morgan fingerprint density at radius 3 is 2.79 bits per heavy atom. The van der Waals surface area contributed by atoms with Crippen molar-refractivity contribution in [1.29, 1.82) is 0 Å². The Balaban J connectivity index is 1.86. The van der Waals surface area contributed by atoms with E-state index in [1.807, 2.05) is 19.9 Å². The van der Waals surface area contributed by atoms with Crippen LogP contribution in [-0.2, 0) is 0 Å². The van der Waals surface area contributed by atoms with Crippen molar-refractivity contribution < 1.29 is 4.52 Å².